The molecule has 0 aliphatic heterocycles. The summed E-state index contributed by atoms with van der Waals surface area (Å²) in [5.74, 6) is -0.381. The van der Waals surface area contributed by atoms with E-state index in [9.17, 15) is 9.18 Å². The topological polar surface area (TPSA) is 50.4 Å². The maximum absolute atomic E-state index is 13.4. The summed E-state index contributed by atoms with van der Waals surface area (Å²) in [6.07, 6.45) is 0.166. The lowest BCUT2D eigenvalue weighted by molar-refractivity contribution is -0.120. The molecule has 5 heteroatoms. The lowest BCUT2D eigenvalue weighted by Gasteiger charge is -2.13. The molecule has 2 N–H and O–H groups in total. The molecule has 1 rings (SSSR count). The molecule has 0 unspecified atom stereocenters. The van der Waals surface area contributed by atoms with E-state index >= 15 is 0 Å². The summed E-state index contributed by atoms with van der Waals surface area (Å²) < 4.78 is 18.3. The fourth-order valence-corrected chi connectivity index (χ4v) is 1.76. The van der Waals surface area contributed by atoms with Gasteiger partial charge >= 0.3 is 0 Å². The molecule has 19 heavy (non-hydrogen) atoms. The third-order valence-electron chi connectivity index (χ3n) is 2.74. The number of carbonyl (C=O) groups is 1. The Kier molecular flexibility index (Phi) is 6.29. The summed E-state index contributed by atoms with van der Waals surface area (Å²) >= 11 is 0. The standard InChI is InChI=1S/C14H21FN2O2/c1-4-16-10(2)9-17-14(18)8-11-5-6-13(19-3)12(15)7-11/h5-7,10,16H,4,8-9H2,1-3H3,(H,17,18)/t10-/m1/s1. The molecule has 0 saturated heterocycles. The molecule has 4 nitrogen and oxygen atoms in total. The van der Waals surface area contributed by atoms with E-state index < -0.39 is 5.82 Å². The SMILES string of the molecule is CCN[C@H](C)CNC(=O)Cc1ccc(OC)c(F)c1. The lowest BCUT2D eigenvalue weighted by atomic mass is 10.1. The molecule has 0 saturated carbocycles. The Hall–Kier alpha value is -1.62. The molecule has 0 aromatic heterocycles. The van der Waals surface area contributed by atoms with E-state index in [0.717, 1.165) is 6.54 Å². The van der Waals surface area contributed by atoms with E-state index in [1.807, 2.05) is 13.8 Å². The number of benzene rings is 1. The maximum Gasteiger partial charge on any atom is 0.224 e. The van der Waals surface area contributed by atoms with Gasteiger partial charge in [-0.1, -0.05) is 13.0 Å². The number of rotatable bonds is 7. The second-order valence-electron chi connectivity index (χ2n) is 4.41. The largest absolute Gasteiger partial charge is 0.494 e. The number of methoxy groups -OCH3 is 1. The fourth-order valence-electron chi connectivity index (χ4n) is 1.76. The molecule has 0 bridgehead atoms. The highest BCUT2D eigenvalue weighted by Crippen LogP contribution is 2.17. The zero-order chi connectivity index (χ0) is 14.3. The molecule has 0 spiro atoms. The number of amides is 1. The van der Waals surface area contributed by atoms with Gasteiger partial charge in [0, 0.05) is 12.6 Å². The summed E-state index contributed by atoms with van der Waals surface area (Å²) in [6.45, 7) is 5.43. The van der Waals surface area contributed by atoms with E-state index in [1.165, 1.54) is 19.2 Å². The first-order valence-electron chi connectivity index (χ1n) is 6.39. The van der Waals surface area contributed by atoms with Gasteiger partial charge in [0.1, 0.15) is 0 Å². The van der Waals surface area contributed by atoms with Crippen molar-refractivity contribution in [3.8, 4) is 5.75 Å². The van der Waals surface area contributed by atoms with Gasteiger partial charge in [-0.2, -0.15) is 0 Å². The number of carbonyl (C=O) groups excluding carboxylic acids is 1. The van der Waals surface area contributed by atoms with E-state index in [-0.39, 0.29) is 24.1 Å². The molecule has 0 radical (unpaired) electrons. The molecule has 1 amide bonds. The Bertz CT molecular complexity index is 424. The van der Waals surface area contributed by atoms with Gasteiger partial charge in [-0.15, -0.1) is 0 Å². The minimum Gasteiger partial charge on any atom is -0.494 e. The Morgan fingerprint density at radius 1 is 1.47 bits per heavy atom. The lowest BCUT2D eigenvalue weighted by Crippen LogP contribution is -2.39. The molecule has 0 aliphatic carbocycles. The molecule has 0 heterocycles. The average molecular weight is 268 g/mol. The van der Waals surface area contributed by atoms with Crippen molar-refractivity contribution in [1.29, 1.82) is 0 Å². The molecular formula is C14H21FN2O2. The van der Waals surface area contributed by atoms with Crippen LogP contribution in [0.5, 0.6) is 5.75 Å². The quantitative estimate of drug-likeness (QED) is 0.788. The first-order valence-corrected chi connectivity index (χ1v) is 6.39. The Morgan fingerprint density at radius 3 is 2.79 bits per heavy atom. The van der Waals surface area contributed by atoms with E-state index in [2.05, 4.69) is 10.6 Å². The van der Waals surface area contributed by atoms with Crippen LogP contribution >= 0.6 is 0 Å². The van der Waals surface area contributed by atoms with Crippen molar-refractivity contribution in [3.05, 3.63) is 29.6 Å². The number of halogens is 1. The van der Waals surface area contributed by atoms with Crippen LogP contribution in [-0.4, -0.2) is 32.1 Å². The highest BCUT2D eigenvalue weighted by molar-refractivity contribution is 5.78. The van der Waals surface area contributed by atoms with Gasteiger partial charge in [0.2, 0.25) is 5.91 Å². The van der Waals surface area contributed by atoms with Crippen molar-refractivity contribution < 1.29 is 13.9 Å². The summed E-state index contributed by atoms with van der Waals surface area (Å²) in [6, 6.07) is 4.77. The van der Waals surface area contributed by atoms with Crippen molar-refractivity contribution >= 4 is 5.91 Å². The second-order valence-corrected chi connectivity index (χ2v) is 4.41. The van der Waals surface area contributed by atoms with Crippen molar-refractivity contribution in [1.82, 2.24) is 10.6 Å². The van der Waals surface area contributed by atoms with Crippen molar-refractivity contribution in [2.75, 3.05) is 20.2 Å². The van der Waals surface area contributed by atoms with Crippen LogP contribution in [0.15, 0.2) is 18.2 Å². The number of hydrogen-bond acceptors (Lipinski definition) is 3. The Labute approximate surface area is 113 Å². The molecule has 1 aromatic carbocycles. The summed E-state index contributed by atoms with van der Waals surface area (Å²) in [7, 11) is 1.41. The molecule has 106 valence electrons. The van der Waals surface area contributed by atoms with E-state index in [4.69, 9.17) is 4.74 Å². The summed E-state index contributed by atoms with van der Waals surface area (Å²) in [4.78, 5) is 11.7. The van der Waals surface area contributed by atoms with Crippen LogP contribution in [-0.2, 0) is 11.2 Å². The number of hydrogen-bond donors (Lipinski definition) is 2. The predicted octanol–water partition coefficient (Wildman–Crippen LogP) is 1.49. The molecule has 1 atom stereocenters. The third-order valence-corrected chi connectivity index (χ3v) is 2.74. The van der Waals surface area contributed by atoms with Crippen LogP contribution < -0.4 is 15.4 Å². The normalized spacial score (nSPS) is 12.0. The minimum absolute atomic E-state index is 0.116. The summed E-state index contributed by atoms with van der Waals surface area (Å²) in [5.41, 5.74) is 0.631. The maximum atomic E-state index is 13.4. The van der Waals surface area contributed by atoms with Crippen LogP contribution in [0, 0.1) is 5.82 Å². The molecule has 0 fully saturated rings. The predicted molar refractivity (Wildman–Crippen MR) is 72.8 cm³/mol. The zero-order valence-electron chi connectivity index (χ0n) is 11.6. The van der Waals surface area contributed by atoms with E-state index in [0.29, 0.717) is 12.1 Å². The van der Waals surface area contributed by atoms with E-state index in [1.54, 1.807) is 6.07 Å². The Morgan fingerprint density at radius 2 is 2.21 bits per heavy atom. The van der Waals surface area contributed by atoms with Crippen LogP contribution in [0.1, 0.15) is 19.4 Å². The molecular weight excluding hydrogens is 247 g/mol. The zero-order valence-corrected chi connectivity index (χ0v) is 11.6. The average Bonchev–Trinajstić information content (AvgIpc) is 2.37. The monoisotopic (exact) mass is 268 g/mol. The van der Waals surface area contributed by atoms with Crippen molar-refractivity contribution in [2.45, 2.75) is 26.3 Å². The third kappa shape index (κ3) is 5.26. The number of ether oxygens (including phenoxy) is 1. The van der Waals surface area contributed by atoms with Crippen LogP contribution in [0.25, 0.3) is 0 Å². The van der Waals surface area contributed by atoms with Gasteiger partial charge in [0.15, 0.2) is 11.6 Å². The first-order chi connectivity index (χ1) is 9.06. The summed E-state index contributed by atoms with van der Waals surface area (Å²) in [5, 5.41) is 6.01. The molecule has 0 aliphatic rings. The van der Waals surface area contributed by atoms with Crippen molar-refractivity contribution in [2.24, 2.45) is 0 Å². The highest BCUT2D eigenvalue weighted by Gasteiger charge is 2.08. The van der Waals surface area contributed by atoms with Crippen molar-refractivity contribution in [3.63, 3.8) is 0 Å². The van der Waals surface area contributed by atoms with Crippen LogP contribution in [0.3, 0.4) is 0 Å². The fraction of sp³-hybridized carbons (Fsp3) is 0.500. The second kappa shape index (κ2) is 7.74. The number of nitrogens with one attached hydrogen (secondary N) is 2. The van der Waals surface area contributed by atoms with Gasteiger partial charge in [-0.3, -0.25) is 4.79 Å². The Balaban J connectivity index is 2.46. The van der Waals surface area contributed by atoms with Gasteiger partial charge in [-0.25, -0.2) is 4.39 Å². The highest BCUT2D eigenvalue weighted by atomic mass is 19.1. The van der Waals surface area contributed by atoms with Gasteiger partial charge in [0.25, 0.3) is 0 Å². The van der Waals surface area contributed by atoms with Crippen LogP contribution in [0.2, 0.25) is 0 Å². The minimum atomic E-state index is -0.450. The number of likely N-dealkylation sites (N-methyl/N-ethyl adjacent to an activating group) is 1. The van der Waals surface area contributed by atoms with Gasteiger partial charge in [0.05, 0.1) is 13.5 Å². The first kappa shape index (κ1) is 15.4. The molecule has 1 aromatic rings. The van der Waals surface area contributed by atoms with Crippen LogP contribution in [0.4, 0.5) is 4.39 Å². The van der Waals surface area contributed by atoms with Gasteiger partial charge < -0.3 is 15.4 Å². The smallest absolute Gasteiger partial charge is 0.224 e. The van der Waals surface area contributed by atoms with Gasteiger partial charge in [-0.05, 0) is 31.2 Å².